The lowest BCUT2D eigenvalue weighted by Gasteiger charge is -2.32. The largest absolute Gasteiger partial charge is 0.494 e. The summed E-state index contributed by atoms with van der Waals surface area (Å²) in [5, 5.41) is 7.24. The minimum atomic E-state index is -0.823. The number of fused-ring (bicyclic) bond motifs is 1. The summed E-state index contributed by atoms with van der Waals surface area (Å²) in [4.78, 5) is 45.5. The van der Waals surface area contributed by atoms with Crippen LogP contribution < -0.4 is 20.1 Å². The molecule has 252 valence electrons. The second kappa shape index (κ2) is 15.3. The first kappa shape index (κ1) is 34.3. The van der Waals surface area contributed by atoms with E-state index in [0.29, 0.717) is 29.9 Å². The molecule has 2 aliphatic heterocycles. The maximum absolute atomic E-state index is 13.7. The molecule has 2 N–H and O–H groups in total. The maximum atomic E-state index is 13.7. The third kappa shape index (κ3) is 8.30. The summed E-state index contributed by atoms with van der Waals surface area (Å²) in [6.45, 7) is 12.1. The number of hydrogen-bond acceptors (Lipinski definition) is 8. The lowest BCUT2D eigenvalue weighted by molar-refractivity contribution is -0.112. The van der Waals surface area contributed by atoms with Gasteiger partial charge in [-0.15, -0.1) is 0 Å². The quantitative estimate of drug-likeness (QED) is 0.224. The molecule has 1 unspecified atom stereocenters. The van der Waals surface area contributed by atoms with Crippen LogP contribution in [-0.4, -0.2) is 100 Å². The molecule has 0 radical (unpaired) electrons. The summed E-state index contributed by atoms with van der Waals surface area (Å²) in [6.07, 6.45) is 3.32. The Hall–Kier alpha value is -3.99. The number of piperidine rings is 1. The van der Waals surface area contributed by atoms with Crippen molar-refractivity contribution in [3.63, 3.8) is 0 Å². The molecule has 2 amide bonds. The van der Waals surface area contributed by atoms with E-state index in [1.807, 2.05) is 51.1 Å². The van der Waals surface area contributed by atoms with Gasteiger partial charge in [-0.3, -0.25) is 19.3 Å². The van der Waals surface area contributed by atoms with Crippen LogP contribution in [0.25, 0.3) is 10.8 Å². The van der Waals surface area contributed by atoms with E-state index in [0.717, 1.165) is 69.6 Å². The zero-order valence-corrected chi connectivity index (χ0v) is 28.3. The molecule has 2 fully saturated rings. The SMILES string of the molecule is COc1c(NC(=O)C(=O)c2ccc(OCCN3CCOCC3)c3ccccc23)cc(C(C)(C)C)cc1C(=O)NCC1CCCCN1C. The molecule has 0 aromatic heterocycles. The van der Waals surface area contributed by atoms with Gasteiger partial charge in [0.25, 0.3) is 17.6 Å². The van der Waals surface area contributed by atoms with Gasteiger partial charge < -0.3 is 29.7 Å². The lowest BCUT2D eigenvalue weighted by atomic mass is 9.85. The molecule has 0 saturated carbocycles. The number of amides is 2. The number of ether oxygens (including phenoxy) is 3. The van der Waals surface area contributed by atoms with Gasteiger partial charge >= 0.3 is 0 Å². The van der Waals surface area contributed by atoms with Crippen LogP contribution >= 0.6 is 0 Å². The zero-order valence-electron chi connectivity index (χ0n) is 28.3. The van der Waals surface area contributed by atoms with E-state index in [9.17, 15) is 14.4 Å². The number of ketones is 1. The van der Waals surface area contributed by atoms with Crippen molar-refractivity contribution in [3.05, 3.63) is 65.2 Å². The highest BCUT2D eigenvalue weighted by Gasteiger charge is 2.27. The fourth-order valence-corrected chi connectivity index (χ4v) is 6.26. The average molecular weight is 645 g/mol. The van der Waals surface area contributed by atoms with Crippen molar-refractivity contribution in [3.8, 4) is 11.5 Å². The van der Waals surface area contributed by atoms with Gasteiger partial charge in [0.05, 0.1) is 31.6 Å². The Kier molecular flexibility index (Phi) is 11.2. The first-order chi connectivity index (χ1) is 22.6. The van der Waals surface area contributed by atoms with Crippen LogP contribution in [0.4, 0.5) is 5.69 Å². The van der Waals surface area contributed by atoms with Crippen LogP contribution in [0, 0.1) is 0 Å². The summed E-state index contributed by atoms with van der Waals surface area (Å²) in [7, 11) is 3.54. The van der Waals surface area contributed by atoms with Gasteiger partial charge in [0.15, 0.2) is 5.75 Å². The van der Waals surface area contributed by atoms with Crippen molar-refractivity contribution in [2.75, 3.05) is 72.0 Å². The van der Waals surface area contributed by atoms with Crippen molar-refractivity contribution < 1.29 is 28.6 Å². The van der Waals surface area contributed by atoms with Crippen molar-refractivity contribution in [1.29, 1.82) is 0 Å². The number of benzene rings is 3. The first-order valence-electron chi connectivity index (χ1n) is 16.6. The molecule has 10 nitrogen and oxygen atoms in total. The number of methoxy groups -OCH3 is 1. The van der Waals surface area contributed by atoms with Crippen molar-refractivity contribution in [2.45, 2.75) is 51.5 Å². The molecular formula is C37H48N4O6. The summed E-state index contributed by atoms with van der Waals surface area (Å²) in [6, 6.07) is 14.6. The average Bonchev–Trinajstić information content (AvgIpc) is 3.07. The van der Waals surface area contributed by atoms with Gasteiger partial charge in [0, 0.05) is 43.2 Å². The molecule has 2 saturated heterocycles. The number of nitrogens with one attached hydrogen (secondary N) is 2. The Labute approximate surface area is 277 Å². The summed E-state index contributed by atoms with van der Waals surface area (Å²) in [5.41, 5.74) is 1.32. The predicted molar refractivity (Wildman–Crippen MR) is 184 cm³/mol. The highest BCUT2D eigenvalue weighted by Crippen LogP contribution is 2.36. The minimum Gasteiger partial charge on any atom is -0.494 e. The molecule has 3 aromatic carbocycles. The Balaban J connectivity index is 1.36. The molecule has 1 atom stereocenters. The van der Waals surface area contributed by atoms with Gasteiger partial charge in [0.2, 0.25) is 0 Å². The topological polar surface area (TPSA) is 109 Å². The van der Waals surface area contributed by atoms with E-state index in [4.69, 9.17) is 14.2 Å². The van der Waals surface area contributed by atoms with Crippen molar-refractivity contribution in [1.82, 2.24) is 15.1 Å². The number of likely N-dealkylation sites (N-methyl/N-ethyl adjacent to an activating group) is 1. The van der Waals surface area contributed by atoms with E-state index in [1.54, 1.807) is 18.2 Å². The second-order valence-corrected chi connectivity index (χ2v) is 13.4. The first-order valence-corrected chi connectivity index (χ1v) is 16.6. The van der Waals surface area contributed by atoms with E-state index in [1.165, 1.54) is 7.11 Å². The van der Waals surface area contributed by atoms with Gasteiger partial charge in [-0.1, -0.05) is 51.5 Å². The van der Waals surface area contributed by atoms with Crippen LogP contribution in [0.5, 0.6) is 11.5 Å². The van der Waals surface area contributed by atoms with E-state index < -0.39 is 11.7 Å². The van der Waals surface area contributed by atoms with E-state index in [2.05, 4.69) is 27.5 Å². The Morgan fingerprint density at radius 1 is 0.957 bits per heavy atom. The smallest absolute Gasteiger partial charge is 0.296 e. The third-order valence-corrected chi connectivity index (χ3v) is 9.18. The third-order valence-electron chi connectivity index (χ3n) is 9.18. The monoisotopic (exact) mass is 644 g/mol. The van der Waals surface area contributed by atoms with Gasteiger partial charge in [0.1, 0.15) is 12.4 Å². The minimum absolute atomic E-state index is 0.211. The van der Waals surface area contributed by atoms with Gasteiger partial charge in [-0.2, -0.15) is 0 Å². The maximum Gasteiger partial charge on any atom is 0.296 e. The number of carbonyl (C=O) groups is 3. The molecule has 10 heteroatoms. The normalized spacial score (nSPS) is 17.7. The summed E-state index contributed by atoms with van der Waals surface area (Å²) < 4.78 is 17.3. The molecule has 2 aliphatic rings. The predicted octanol–water partition coefficient (Wildman–Crippen LogP) is 4.89. The highest BCUT2D eigenvalue weighted by molar-refractivity contribution is 6.48. The summed E-state index contributed by atoms with van der Waals surface area (Å²) >= 11 is 0. The van der Waals surface area contributed by atoms with Crippen molar-refractivity contribution >= 4 is 34.1 Å². The van der Waals surface area contributed by atoms with Crippen molar-refractivity contribution in [2.24, 2.45) is 0 Å². The van der Waals surface area contributed by atoms with E-state index in [-0.39, 0.29) is 34.4 Å². The molecule has 2 heterocycles. The fourth-order valence-electron chi connectivity index (χ4n) is 6.26. The molecule has 3 aromatic rings. The number of anilines is 1. The zero-order chi connectivity index (χ0) is 33.6. The van der Waals surface area contributed by atoms with Crippen LogP contribution in [0.3, 0.4) is 0 Å². The molecule has 47 heavy (non-hydrogen) atoms. The molecule has 5 rings (SSSR count). The van der Waals surface area contributed by atoms with Crippen LogP contribution in [0.15, 0.2) is 48.5 Å². The molecule has 0 aliphatic carbocycles. The van der Waals surface area contributed by atoms with Crippen LogP contribution in [0.1, 0.15) is 66.3 Å². The molecular weight excluding hydrogens is 596 g/mol. The highest BCUT2D eigenvalue weighted by atomic mass is 16.5. The Morgan fingerprint density at radius 2 is 1.70 bits per heavy atom. The number of nitrogens with zero attached hydrogens (tertiary/aromatic N) is 2. The fraction of sp³-hybridized carbons (Fsp3) is 0.486. The lowest BCUT2D eigenvalue weighted by Crippen LogP contribution is -2.44. The van der Waals surface area contributed by atoms with Gasteiger partial charge in [-0.25, -0.2) is 0 Å². The molecule has 0 spiro atoms. The number of Topliss-reactive ketones (excluding diaryl/α,β-unsaturated/α-hetero) is 1. The standard InChI is InChI=1S/C37H48N4O6/c1-37(2,3)25-22-30(35(43)38-24-26-10-8-9-15-40(26)4)34(45-5)31(23-25)39-36(44)33(42)29-13-14-32(28-12-7-6-11-27(28)29)47-21-18-41-16-19-46-20-17-41/h6-7,11-14,22-23,26H,8-10,15-21,24H2,1-5H3,(H,38,43)(H,39,44). The number of morpholine rings is 1. The van der Waals surface area contributed by atoms with E-state index >= 15 is 0 Å². The number of hydrogen-bond donors (Lipinski definition) is 2. The summed E-state index contributed by atoms with van der Waals surface area (Å²) in [5.74, 6) is -0.946. The Bertz CT molecular complexity index is 1590. The number of carbonyl (C=O) groups excluding carboxylic acids is 3. The molecule has 0 bridgehead atoms. The van der Waals surface area contributed by atoms with Crippen LogP contribution in [0.2, 0.25) is 0 Å². The second-order valence-electron chi connectivity index (χ2n) is 13.4. The Morgan fingerprint density at radius 3 is 2.40 bits per heavy atom. The number of rotatable bonds is 11. The van der Waals surface area contributed by atoms with Gasteiger partial charge in [-0.05, 0) is 67.1 Å². The van der Waals surface area contributed by atoms with Crippen LogP contribution in [-0.2, 0) is 14.9 Å². The number of likely N-dealkylation sites (tertiary alicyclic amines) is 1.